The van der Waals surface area contributed by atoms with Crippen molar-refractivity contribution < 1.29 is 5.11 Å². The monoisotopic (exact) mass is 228 g/mol. The van der Waals surface area contributed by atoms with Crippen LogP contribution < -0.4 is 5.73 Å². The highest BCUT2D eigenvalue weighted by molar-refractivity contribution is 4.84. The van der Waals surface area contributed by atoms with Crippen molar-refractivity contribution in [3.8, 4) is 0 Å². The van der Waals surface area contributed by atoms with E-state index in [1.807, 2.05) is 0 Å². The molecule has 1 heterocycles. The number of nitrogens with zero attached hydrogens (tertiary/aromatic N) is 1. The zero-order valence-corrected chi connectivity index (χ0v) is 10.9. The van der Waals surface area contributed by atoms with Gasteiger partial charge in [-0.1, -0.05) is 33.1 Å². The Labute approximate surface area is 100 Å². The highest BCUT2D eigenvalue weighted by Gasteiger charge is 2.26. The van der Waals surface area contributed by atoms with Crippen LogP contribution in [0, 0.1) is 5.92 Å². The van der Waals surface area contributed by atoms with Gasteiger partial charge in [0.25, 0.3) is 0 Å². The van der Waals surface area contributed by atoms with Crippen LogP contribution in [-0.4, -0.2) is 41.8 Å². The van der Waals surface area contributed by atoms with Gasteiger partial charge in [-0.15, -0.1) is 0 Å². The smallest absolute Gasteiger partial charge is 0.0602 e. The first kappa shape index (κ1) is 13.9. The van der Waals surface area contributed by atoms with E-state index in [0.717, 1.165) is 13.1 Å². The highest BCUT2D eigenvalue weighted by atomic mass is 16.3. The summed E-state index contributed by atoms with van der Waals surface area (Å²) in [5.41, 5.74) is 6.19. The minimum atomic E-state index is 0.0874. The molecular weight excluding hydrogens is 200 g/mol. The van der Waals surface area contributed by atoms with Crippen molar-refractivity contribution in [2.45, 2.75) is 58.0 Å². The van der Waals surface area contributed by atoms with Crippen LogP contribution in [0.25, 0.3) is 0 Å². The quantitative estimate of drug-likeness (QED) is 0.768. The Kier molecular flexibility index (Phi) is 6.32. The molecule has 0 aromatic carbocycles. The molecule has 96 valence electrons. The van der Waals surface area contributed by atoms with Gasteiger partial charge in [0, 0.05) is 12.1 Å². The van der Waals surface area contributed by atoms with Gasteiger partial charge in [0.05, 0.1) is 6.61 Å². The van der Waals surface area contributed by atoms with Gasteiger partial charge in [0.15, 0.2) is 0 Å². The molecule has 0 bridgehead atoms. The zero-order valence-electron chi connectivity index (χ0n) is 10.9. The number of hydrogen-bond donors (Lipinski definition) is 2. The average Bonchev–Trinajstić information content (AvgIpc) is 2.21. The fourth-order valence-electron chi connectivity index (χ4n) is 2.53. The number of hydrogen-bond acceptors (Lipinski definition) is 3. The van der Waals surface area contributed by atoms with Gasteiger partial charge in [-0.2, -0.15) is 0 Å². The predicted octanol–water partition coefficient (Wildman–Crippen LogP) is 1.60. The van der Waals surface area contributed by atoms with Crippen LogP contribution in [0.2, 0.25) is 0 Å². The van der Waals surface area contributed by atoms with Crippen molar-refractivity contribution in [3.05, 3.63) is 0 Å². The van der Waals surface area contributed by atoms with Gasteiger partial charge < -0.3 is 10.8 Å². The molecule has 3 N–H and O–H groups in total. The second-order valence-corrected chi connectivity index (χ2v) is 5.38. The van der Waals surface area contributed by atoms with Crippen molar-refractivity contribution in [3.63, 3.8) is 0 Å². The molecule has 2 unspecified atom stereocenters. The third-order valence-electron chi connectivity index (χ3n) is 3.76. The molecule has 0 saturated carbocycles. The summed E-state index contributed by atoms with van der Waals surface area (Å²) < 4.78 is 0. The van der Waals surface area contributed by atoms with Crippen LogP contribution in [0.3, 0.4) is 0 Å². The molecule has 3 nitrogen and oxygen atoms in total. The largest absolute Gasteiger partial charge is 0.395 e. The van der Waals surface area contributed by atoms with Crippen molar-refractivity contribution >= 4 is 0 Å². The Morgan fingerprint density at radius 3 is 2.00 bits per heavy atom. The van der Waals surface area contributed by atoms with Gasteiger partial charge in [0.1, 0.15) is 0 Å². The number of likely N-dealkylation sites (tertiary alicyclic amines) is 1. The molecule has 1 aliphatic rings. The standard InChI is InChI=1S/C13H28N2O/c1-11(2)13(14)12(10-16)15-8-6-4-3-5-7-9-15/h11-13,16H,3-10,14H2,1-2H3. The van der Waals surface area contributed by atoms with Crippen LogP contribution in [0.15, 0.2) is 0 Å². The molecule has 1 aliphatic heterocycles. The molecule has 0 aromatic heterocycles. The number of aliphatic hydroxyl groups excluding tert-OH is 1. The van der Waals surface area contributed by atoms with Crippen molar-refractivity contribution in [1.82, 2.24) is 4.90 Å². The molecule has 1 rings (SSSR count). The summed E-state index contributed by atoms with van der Waals surface area (Å²) in [5.74, 6) is 0.433. The first-order chi connectivity index (χ1) is 7.66. The fourth-order valence-corrected chi connectivity index (χ4v) is 2.53. The summed E-state index contributed by atoms with van der Waals surface area (Å²) in [5, 5.41) is 9.54. The fraction of sp³-hybridized carbons (Fsp3) is 1.00. The molecule has 1 fully saturated rings. The molecular formula is C13H28N2O. The Balaban J connectivity index is 2.54. The lowest BCUT2D eigenvalue weighted by atomic mass is 9.95. The molecule has 2 atom stereocenters. The van der Waals surface area contributed by atoms with Gasteiger partial charge in [-0.3, -0.25) is 4.90 Å². The van der Waals surface area contributed by atoms with Crippen LogP contribution in [-0.2, 0) is 0 Å². The maximum Gasteiger partial charge on any atom is 0.0602 e. The maximum absolute atomic E-state index is 9.54. The van der Waals surface area contributed by atoms with Gasteiger partial charge in [-0.05, 0) is 31.8 Å². The lowest BCUT2D eigenvalue weighted by Crippen LogP contribution is -2.53. The lowest BCUT2D eigenvalue weighted by Gasteiger charge is -2.37. The second-order valence-electron chi connectivity index (χ2n) is 5.38. The minimum absolute atomic E-state index is 0.0874. The molecule has 0 aliphatic carbocycles. The molecule has 16 heavy (non-hydrogen) atoms. The van der Waals surface area contributed by atoms with Gasteiger partial charge >= 0.3 is 0 Å². The summed E-state index contributed by atoms with van der Waals surface area (Å²) in [4.78, 5) is 2.41. The van der Waals surface area contributed by atoms with Gasteiger partial charge in [0.2, 0.25) is 0 Å². The Bertz CT molecular complexity index is 177. The third kappa shape index (κ3) is 4.04. The number of nitrogens with two attached hydrogens (primary N) is 1. The highest BCUT2D eigenvalue weighted by Crippen LogP contribution is 2.16. The predicted molar refractivity (Wildman–Crippen MR) is 68.3 cm³/mol. The van der Waals surface area contributed by atoms with Gasteiger partial charge in [-0.25, -0.2) is 0 Å². The Morgan fingerprint density at radius 2 is 1.56 bits per heavy atom. The van der Waals surface area contributed by atoms with E-state index in [-0.39, 0.29) is 18.7 Å². The van der Waals surface area contributed by atoms with Crippen LogP contribution in [0.1, 0.15) is 46.0 Å². The zero-order chi connectivity index (χ0) is 12.0. The Morgan fingerprint density at radius 1 is 1.06 bits per heavy atom. The molecule has 0 spiro atoms. The molecule has 1 saturated heterocycles. The van der Waals surface area contributed by atoms with E-state index in [1.165, 1.54) is 32.1 Å². The van der Waals surface area contributed by atoms with E-state index in [1.54, 1.807) is 0 Å². The van der Waals surface area contributed by atoms with E-state index >= 15 is 0 Å². The summed E-state index contributed by atoms with van der Waals surface area (Å²) >= 11 is 0. The molecule has 3 heteroatoms. The molecule has 0 amide bonds. The maximum atomic E-state index is 9.54. The molecule has 0 radical (unpaired) electrons. The van der Waals surface area contributed by atoms with Crippen molar-refractivity contribution in [2.75, 3.05) is 19.7 Å². The third-order valence-corrected chi connectivity index (χ3v) is 3.76. The first-order valence-electron chi connectivity index (χ1n) is 6.77. The normalized spacial score (nSPS) is 23.8. The molecule has 0 aromatic rings. The second kappa shape index (κ2) is 7.25. The first-order valence-corrected chi connectivity index (χ1v) is 6.77. The minimum Gasteiger partial charge on any atom is -0.395 e. The summed E-state index contributed by atoms with van der Waals surface area (Å²) in [7, 11) is 0. The lowest BCUT2D eigenvalue weighted by molar-refractivity contribution is 0.0844. The topological polar surface area (TPSA) is 49.5 Å². The number of aliphatic hydroxyl groups is 1. The van der Waals surface area contributed by atoms with Crippen molar-refractivity contribution in [1.29, 1.82) is 0 Å². The van der Waals surface area contributed by atoms with E-state index < -0.39 is 0 Å². The van der Waals surface area contributed by atoms with Crippen LogP contribution in [0.4, 0.5) is 0 Å². The van der Waals surface area contributed by atoms with E-state index in [0.29, 0.717) is 5.92 Å². The summed E-state index contributed by atoms with van der Waals surface area (Å²) in [6.45, 7) is 6.67. The van der Waals surface area contributed by atoms with E-state index in [4.69, 9.17) is 5.73 Å². The van der Waals surface area contributed by atoms with E-state index in [2.05, 4.69) is 18.7 Å². The van der Waals surface area contributed by atoms with Crippen LogP contribution in [0.5, 0.6) is 0 Å². The van der Waals surface area contributed by atoms with Crippen LogP contribution >= 0.6 is 0 Å². The SMILES string of the molecule is CC(C)C(N)C(CO)N1CCCCCCC1. The summed E-state index contributed by atoms with van der Waals surface area (Å²) in [6.07, 6.45) is 6.52. The number of rotatable bonds is 4. The van der Waals surface area contributed by atoms with E-state index in [9.17, 15) is 5.11 Å². The summed E-state index contributed by atoms with van der Waals surface area (Å²) in [6, 6.07) is 0.238. The Hall–Kier alpha value is -0.120. The average molecular weight is 228 g/mol. The van der Waals surface area contributed by atoms with Crippen molar-refractivity contribution in [2.24, 2.45) is 11.7 Å².